The highest BCUT2D eigenvalue weighted by Crippen LogP contribution is 2.24. The Morgan fingerprint density at radius 1 is 1.10 bits per heavy atom. The molecule has 0 radical (unpaired) electrons. The molecule has 148 valence electrons. The highest BCUT2D eigenvalue weighted by molar-refractivity contribution is 7.99. The first-order valence-corrected chi connectivity index (χ1v) is 9.72. The Balaban J connectivity index is 1.43. The lowest BCUT2D eigenvalue weighted by Gasteiger charge is -2.02. The molecule has 29 heavy (non-hydrogen) atoms. The van der Waals surface area contributed by atoms with Crippen LogP contribution >= 0.6 is 11.8 Å². The molecule has 0 atom stereocenters. The normalized spacial score (nSPS) is 10.1. The van der Waals surface area contributed by atoms with Gasteiger partial charge in [-0.05, 0) is 55.5 Å². The molecule has 0 N–H and O–H groups in total. The molecule has 3 rings (SSSR count). The number of hydrogen-bond donors (Lipinski definition) is 0. The lowest BCUT2D eigenvalue weighted by Crippen LogP contribution is -2.05. The van der Waals surface area contributed by atoms with E-state index < -0.39 is 11.8 Å². The van der Waals surface area contributed by atoms with Crippen LogP contribution in [0.25, 0.3) is 11.5 Å². The number of ether oxygens (including phenoxy) is 2. The summed E-state index contributed by atoms with van der Waals surface area (Å²) in [6, 6.07) is 12.5. The summed E-state index contributed by atoms with van der Waals surface area (Å²) in [5.41, 5.74) is 1.07. The van der Waals surface area contributed by atoms with Crippen molar-refractivity contribution in [3.05, 3.63) is 59.9 Å². The molecule has 0 bridgehead atoms. The number of halogens is 1. The molecule has 1 heterocycles. The van der Waals surface area contributed by atoms with Crippen LogP contribution < -0.4 is 4.74 Å². The standard InChI is InChI=1S/C21H17FN2O4S/c1-2-26-18-11-7-15(8-12-18)19-23-24-21(28-19)29-14-4-3-13-27-20(25)16-5-9-17(22)10-6-16/h5-12H,2,13-14H2,1H3. The maximum Gasteiger partial charge on any atom is 0.339 e. The molecule has 0 amide bonds. The van der Waals surface area contributed by atoms with E-state index >= 15 is 0 Å². The summed E-state index contributed by atoms with van der Waals surface area (Å²) in [6.45, 7) is 2.47. The molecule has 0 aliphatic heterocycles. The van der Waals surface area contributed by atoms with Crippen LogP contribution in [0.4, 0.5) is 4.39 Å². The second kappa shape index (κ2) is 10.3. The fourth-order valence-electron chi connectivity index (χ4n) is 2.22. The first kappa shape index (κ1) is 20.4. The molecule has 2 aromatic carbocycles. The van der Waals surface area contributed by atoms with E-state index in [9.17, 15) is 9.18 Å². The largest absolute Gasteiger partial charge is 0.494 e. The summed E-state index contributed by atoms with van der Waals surface area (Å²) in [6.07, 6.45) is 0. The molecule has 0 aliphatic rings. The Morgan fingerprint density at radius 2 is 1.86 bits per heavy atom. The molecule has 0 saturated carbocycles. The van der Waals surface area contributed by atoms with Gasteiger partial charge in [0.1, 0.15) is 11.6 Å². The van der Waals surface area contributed by atoms with Crippen LogP contribution in [0, 0.1) is 17.7 Å². The van der Waals surface area contributed by atoms with Gasteiger partial charge in [-0.25, -0.2) is 9.18 Å². The SMILES string of the molecule is CCOc1ccc(-c2nnc(SCC#CCOC(=O)c3ccc(F)cc3)o2)cc1. The highest BCUT2D eigenvalue weighted by atomic mass is 32.2. The molecule has 0 saturated heterocycles. The van der Waals surface area contributed by atoms with E-state index in [1.165, 1.54) is 36.0 Å². The van der Waals surface area contributed by atoms with E-state index in [0.717, 1.165) is 11.3 Å². The van der Waals surface area contributed by atoms with E-state index in [-0.39, 0.29) is 12.2 Å². The van der Waals surface area contributed by atoms with Crippen molar-refractivity contribution in [3.63, 3.8) is 0 Å². The Bertz CT molecular complexity index is 1010. The Labute approximate surface area is 171 Å². The second-order valence-corrected chi connectivity index (χ2v) is 6.48. The first-order valence-electron chi connectivity index (χ1n) is 8.73. The molecule has 3 aromatic rings. The van der Waals surface area contributed by atoms with Gasteiger partial charge >= 0.3 is 5.97 Å². The van der Waals surface area contributed by atoms with Gasteiger partial charge in [0.25, 0.3) is 5.22 Å². The summed E-state index contributed by atoms with van der Waals surface area (Å²) in [5.74, 6) is 6.21. The van der Waals surface area contributed by atoms with Crippen molar-refractivity contribution in [2.45, 2.75) is 12.1 Å². The Kier molecular flexibility index (Phi) is 7.25. The summed E-state index contributed by atoms with van der Waals surface area (Å²) in [7, 11) is 0. The smallest absolute Gasteiger partial charge is 0.339 e. The number of benzene rings is 2. The number of carbonyl (C=O) groups excluding carboxylic acids is 1. The van der Waals surface area contributed by atoms with Gasteiger partial charge in [0, 0.05) is 5.56 Å². The quantitative estimate of drug-likeness (QED) is 0.327. The fraction of sp³-hybridized carbons (Fsp3) is 0.190. The highest BCUT2D eigenvalue weighted by Gasteiger charge is 2.09. The molecular formula is C21H17FN2O4S. The van der Waals surface area contributed by atoms with Crippen LogP contribution in [0.15, 0.2) is 58.2 Å². The molecule has 1 aromatic heterocycles. The number of thioether (sulfide) groups is 1. The van der Waals surface area contributed by atoms with Gasteiger partial charge in [-0.15, -0.1) is 10.2 Å². The van der Waals surface area contributed by atoms with Crippen molar-refractivity contribution in [1.82, 2.24) is 10.2 Å². The third-order valence-corrected chi connectivity index (χ3v) is 4.27. The number of esters is 1. The monoisotopic (exact) mass is 412 g/mol. The lowest BCUT2D eigenvalue weighted by atomic mass is 10.2. The first-order chi connectivity index (χ1) is 14.2. The number of carbonyl (C=O) groups is 1. The van der Waals surface area contributed by atoms with Gasteiger partial charge in [-0.2, -0.15) is 0 Å². The average molecular weight is 412 g/mol. The minimum absolute atomic E-state index is 0.0575. The van der Waals surface area contributed by atoms with Crippen molar-refractivity contribution in [1.29, 1.82) is 0 Å². The van der Waals surface area contributed by atoms with Crippen molar-refractivity contribution in [2.24, 2.45) is 0 Å². The van der Waals surface area contributed by atoms with Crippen molar-refractivity contribution >= 4 is 17.7 Å². The van der Waals surface area contributed by atoms with Crippen molar-refractivity contribution in [3.8, 4) is 29.0 Å². The Morgan fingerprint density at radius 3 is 2.59 bits per heavy atom. The summed E-state index contributed by atoms with van der Waals surface area (Å²) in [5, 5.41) is 8.39. The van der Waals surface area contributed by atoms with Gasteiger partial charge in [0.15, 0.2) is 6.61 Å². The molecule has 0 unspecified atom stereocenters. The van der Waals surface area contributed by atoms with Crippen LogP contribution in [-0.4, -0.2) is 35.1 Å². The lowest BCUT2D eigenvalue weighted by molar-refractivity contribution is 0.0556. The predicted molar refractivity (Wildman–Crippen MR) is 106 cm³/mol. The van der Waals surface area contributed by atoms with Gasteiger partial charge in [0.05, 0.1) is 17.9 Å². The second-order valence-electron chi connectivity index (χ2n) is 5.56. The molecule has 0 aliphatic carbocycles. The minimum atomic E-state index is -0.552. The van der Waals surface area contributed by atoms with Gasteiger partial charge < -0.3 is 13.9 Å². The maximum atomic E-state index is 12.8. The zero-order chi connectivity index (χ0) is 20.5. The van der Waals surface area contributed by atoms with Gasteiger partial charge in [-0.1, -0.05) is 23.6 Å². The van der Waals surface area contributed by atoms with E-state index in [1.54, 1.807) is 0 Å². The third-order valence-electron chi connectivity index (χ3n) is 3.57. The maximum absolute atomic E-state index is 12.8. The van der Waals surface area contributed by atoms with Crippen molar-refractivity contribution < 1.29 is 23.1 Å². The number of aromatic nitrogens is 2. The number of nitrogens with zero attached hydrogens (tertiary/aromatic N) is 2. The summed E-state index contributed by atoms with van der Waals surface area (Å²) >= 11 is 1.28. The zero-order valence-electron chi connectivity index (χ0n) is 15.6. The van der Waals surface area contributed by atoms with Crippen LogP contribution in [0.5, 0.6) is 5.75 Å². The number of hydrogen-bond acceptors (Lipinski definition) is 7. The minimum Gasteiger partial charge on any atom is -0.494 e. The zero-order valence-corrected chi connectivity index (χ0v) is 16.4. The fourth-order valence-corrected chi connectivity index (χ4v) is 2.75. The molecule has 0 fully saturated rings. The predicted octanol–water partition coefficient (Wildman–Crippen LogP) is 4.23. The molecule has 6 nitrogen and oxygen atoms in total. The summed E-state index contributed by atoms with van der Waals surface area (Å²) < 4.78 is 28.8. The topological polar surface area (TPSA) is 74.5 Å². The van der Waals surface area contributed by atoms with E-state index in [0.29, 0.717) is 23.5 Å². The van der Waals surface area contributed by atoms with Crippen LogP contribution in [0.3, 0.4) is 0 Å². The van der Waals surface area contributed by atoms with E-state index in [4.69, 9.17) is 13.9 Å². The van der Waals surface area contributed by atoms with Gasteiger partial charge in [-0.3, -0.25) is 0 Å². The van der Waals surface area contributed by atoms with Crippen LogP contribution in [-0.2, 0) is 4.74 Å². The third kappa shape index (κ3) is 6.09. The molecule has 0 spiro atoms. The molecular weight excluding hydrogens is 395 g/mol. The number of rotatable bonds is 7. The molecule has 8 heteroatoms. The van der Waals surface area contributed by atoms with E-state index in [1.807, 2.05) is 31.2 Å². The summed E-state index contributed by atoms with van der Waals surface area (Å²) in [4.78, 5) is 11.7. The van der Waals surface area contributed by atoms with Crippen LogP contribution in [0.2, 0.25) is 0 Å². The van der Waals surface area contributed by atoms with E-state index in [2.05, 4.69) is 22.0 Å². The van der Waals surface area contributed by atoms with Crippen molar-refractivity contribution in [2.75, 3.05) is 19.0 Å². The Hall–Kier alpha value is -3.31. The van der Waals surface area contributed by atoms with Gasteiger partial charge in [0.2, 0.25) is 5.89 Å². The van der Waals surface area contributed by atoms with Crippen LogP contribution in [0.1, 0.15) is 17.3 Å². The average Bonchev–Trinajstić information content (AvgIpc) is 3.20.